The molecule has 7 heteroatoms. The summed E-state index contributed by atoms with van der Waals surface area (Å²) in [6.07, 6.45) is 3.43. The molecule has 0 saturated carbocycles. The van der Waals surface area contributed by atoms with E-state index in [4.69, 9.17) is 0 Å². The van der Waals surface area contributed by atoms with Crippen molar-refractivity contribution < 1.29 is 8.42 Å². The molecule has 0 spiro atoms. The van der Waals surface area contributed by atoms with Gasteiger partial charge in [-0.3, -0.25) is 4.99 Å². The van der Waals surface area contributed by atoms with Crippen LogP contribution in [0, 0.1) is 5.41 Å². The Bertz CT molecular complexity index is 650. The highest BCUT2D eigenvalue weighted by Gasteiger charge is 2.13. The minimum absolute atomic E-state index is 0. The van der Waals surface area contributed by atoms with Gasteiger partial charge in [0.2, 0.25) is 0 Å². The van der Waals surface area contributed by atoms with Crippen molar-refractivity contribution in [2.75, 3.05) is 13.3 Å². The summed E-state index contributed by atoms with van der Waals surface area (Å²) in [5, 5.41) is 6.65. The van der Waals surface area contributed by atoms with Gasteiger partial charge in [-0.2, -0.15) is 0 Å². The van der Waals surface area contributed by atoms with Crippen molar-refractivity contribution in [3.05, 3.63) is 29.8 Å². The number of halogens is 1. The Labute approximate surface area is 170 Å². The molecule has 25 heavy (non-hydrogen) atoms. The molecule has 0 aliphatic heterocycles. The summed E-state index contributed by atoms with van der Waals surface area (Å²) in [6, 6.07) is 7.24. The van der Waals surface area contributed by atoms with E-state index in [0.717, 1.165) is 24.4 Å². The summed E-state index contributed by atoms with van der Waals surface area (Å²) in [5.41, 5.74) is 1.33. The SMILES string of the molecule is CN=C(NCc1ccc(S(C)(=O)=O)cc1)NC(C)CCC(C)(C)C.I. The Morgan fingerprint density at radius 3 is 2.20 bits per heavy atom. The third kappa shape index (κ3) is 10.0. The first-order chi connectivity index (χ1) is 11.0. The second kappa shape index (κ2) is 10.4. The fourth-order valence-corrected chi connectivity index (χ4v) is 2.82. The highest BCUT2D eigenvalue weighted by atomic mass is 127. The van der Waals surface area contributed by atoms with E-state index in [9.17, 15) is 8.42 Å². The van der Waals surface area contributed by atoms with Gasteiger partial charge in [-0.1, -0.05) is 32.9 Å². The van der Waals surface area contributed by atoms with Crippen molar-refractivity contribution in [2.45, 2.75) is 58.0 Å². The second-order valence-electron chi connectivity index (χ2n) is 7.49. The summed E-state index contributed by atoms with van der Waals surface area (Å²) in [7, 11) is -1.40. The van der Waals surface area contributed by atoms with Crippen molar-refractivity contribution in [2.24, 2.45) is 10.4 Å². The molecule has 0 aliphatic rings. The first-order valence-corrected chi connectivity index (χ1v) is 10.2. The first-order valence-electron chi connectivity index (χ1n) is 8.27. The molecule has 0 heterocycles. The van der Waals surface area contributed by atoms with Crippen LogP contribution < -0.4 is 10.6 Å². The molecule has 1 unspecified atom stereocenters. The number of rotatable bonds is 6. The van der Waals surface area contributed by atoms with E-state index in [-0.39, 0.29) is 24.0 Å². The third-order valence-corrected chi connectivity index (χ3v) is 4.87. The van der Waals surface area contributed by atoms with Crippen LogP contribution in [0.3, 0.4) is 0 Å². The van der Waals surface area contributed by atoms with E-state index in [1.54, 1.807) is 19.2 Å². The standard InChI is InChI=1S/C18H31N3O2S.HI/c1-14(11-12-18(2,3)4)21-17(19-5)20-13-15-7-9-16(10-8-15)24(6,22)23;/h7-10,14H,11-13H2,1-6H3,(H2,19,20,21);1H. The first kappa shape index (κ1) is 24.2. The van der Waals surface area contributed by atoms with E-state index in [1.807, 2.05) is 12.1 Å². The van der Waals surface area contributed by atoms with E-state index < -0.39 is 9.84 Å². The lowest BCUT2D eigenvalue weighted by molar-refractivity contribution is 0.346. The summed E-state index contributed by atoms with van der Waals surface area (Å²) in [6.45, 7) is 9.47. The lowest BCUT2D eigenvalue weighted by Gasteiger charge is -2.23. The van der Waals surface area contributed by atoms with Gasteiger partial charge in [-0.05, 0) is 42.9 Å². The molecule has 1 rings (SSSR count). The fraction of sp³-hybridized carbons (Fsp3) is 0.611. The molecule has 0 saturated heterocycles. The van der Waals surface area contributed by atoms with Crippen molar-refractivity contribution in [1.82, 2.24) is 10.6 Å². The summed E-state index contributed by atoms with van der Waals surface area (Å²) in [4.78, 5) is 4.58. The fourth-order valence-electron chi connectivity index (χ4n) is 2.19. The number of hydrogen-bond acceptors (Lipinski definition) is 3. The zero-order valence-corrected chi connectivity index (χ0v) is 19.2. The molecule has 2 N–H and O–H groups in total. The predicted octanol–water partition coefficient (Wildman–Crippen LogP) is 3.59. The van der Waals surface area contributed by atoms with Crippen LogP contribution in [0.2, 0.25) is 0 Å². The monoisotopic (exact) mass is 481 g/mol. The molecule has 1 atom stereocenters. The molecule has 144 valence electrons. The van der Waals surface area contributed by atoms with Gasteiger partial charge in [-0.15, -0.1) is 24.0 Å². The summed E-state index contributed by atoms with van der Waals surface area (Å²) in [5.74, 6) is 0.753. The zero-order chi connectivity index (χ0) is 18.4. The van der Waals surface area contributed by atoms with Crippen LogP contribution in [0.15, 0.2) is 34.2 Å². The summed E-state index contributed by atoms with van der Waals surface area (Å²) >= 11 is 0. The van der Waals surface area contributed by atoms with E-state index in [0.29, 0.717) is 22.9 Å². The lowest BCUT2D eigenvalue weighted by atomic mass is 9.89. The van der Waals surface area contributed by atoms with E-state index in [1.165, 1.54) is 6.26 Å². The Hall–Kier alpha value is -0.830. The molecule has 0 bridgehead atoms. The number of hydrogen-bond donors (Lipinski definition) is 2. The minimum Gasteiger partial charge on any atom is -0.354 e. The molecule has 1 aromatic carbocycles. The largest absolute Gasteiger partial charge is 0.354 e. The van der Waals surface area contributed by atoms with Crippen LogP contribution in [-0.2, 0) is 16.4 Å². The van der Waals surface area contributed by atoms with Crippen molar-refractivity contribution >= 4 is 39.8 Å². The maximum atomic E-state index is 11.5. The van der Waals surface area contributed by atoms with Gasteiger partial charge < -0.3 is 10.6 Å². The molecule has 0 aliphatic carbocycles. The van der Waals surface area contributed by atoms with E-state index >= 15 is 0 Å². The summed E-state index contributed by atoms with van der Waals surface area (Å²) < 4.78 is 22.9. The van der Waals surface area contributed by atoms with Crippen LogP contribution in [-0.4, -0.2) is 33.7 Å². The van der Waals surface area contributed by atoms with Gasteiger partial charge in [0.05, 0.1) is 4.90 Å². The van der Waals surface area contributed by atoms with Crippen LogP contribution in [0.25, 0.3) is 0 Å². The number of benzene rings is 1. The lowest BCUT2D eigenvalue weighted by Crippen LogP contribution is -2.42. The maximum absolute atomic E-state index is 11.5. The van der Waals surface area contributed by atoms with Crippen LogP contribution in [0.4, 0.5) is 0 Å². The Morgan fingerprint density at radius 2 is 1.76 bits per heavy atom. The Kier molecular flexibility index (Phi) is 10.0. The number of aliphatic imine (C=N–C) groups is 1. The van der Waals surface area contributed by atoms with Gasteiger partial charge >= 0.3 is 0 Å². The maximum Gasteiger partial charge on any atom is 0.191 e. The zero-order valence-electron chi connectivity index (χ0n) is 16.1. The highest BCUT2D eigenvalue weighted by Crippen LogP contribution is 2.21. The van der Waals surface area contributed by atoms with Gasteiger partial charge in [0.15, 0.2) is 15.8 Å². The van der Waals surface area contributed by atoms with Crippen molar-refractivity contribution in [1.29, 1.82) is 0 Å². The molecular weight excluding hydrogens is 449 g/mol. The molecule has 1 aromatic rings. The van der Waals surface area contributed by atoms with E-state index in [2.05, 4.69) is 43.3 Å². The predicted molar refractivity (Wildman–Crippen MR) is 116 cm³/mol. The van der Waals surface area contributed by atoms with Crippen LogP contribution in [0.1, 0.15) is 46.1 Å². The molecule has 0 aromatic heterocycles. The number of guanidine groups is 1. The Morgan fingerprint density at radius 1 is 1.20 bits per heavy atom. The second-order valence-corrected chi connectivity index (χ2v) is 9.50. The average Bonchev–Trinajstić information content (AvgIpc) is 2.48. The number of nitrogens with one attached hydrogen (secondary N) is 2. The van der Waals surface area contributed by atoms with Crippen LogP contribution in [0.5, 0.6) is 0 Å². The third-order valence-electron chi connectivity index (χ3n) is 3.75. The van der Waals surface area contributed by atoms with Gasteiger partial charge in [0.25, 0.3) is 0 Å². The molecule has 0 fully saturated rings. The topological polar surface area (TPSA) is 70.6 Å². The van der Waals surface area contributed by atoms with Crippen molar-refractivity contribution in [3.63, 3.8) is 0 Å². The van der Waals surface area contributed by atoms with Gasteiger partial charge in [-0.25, -0.2) is 8.42 Å². The average molecular weight is 481 g/mol. The number of sulfone groups is 1. The molecular formula is C18H32IN3O2S. The Balaban J connectivity index is 0.00000576. The highest BCUT2D eigenvalue weighted by molar-refractivity contribution is 14.0. The minimum atomic E-state index is -3.15. The van der Waals surface area contributed by atoms with Gasteiger partial charge in [0.1, 0.15) is 0 Å². The quantitative estimate of drug-likeness (QED) is 0.370. The smallest absolute Gasteiger partial charge is 0.191 e. The molecule has 5 nitrogen and oxygen atoms in total. The van der Waals surface area contributed by atoms with Crippen LogP contribution >= 0.6 is 24.0 Å². The van der Waals surface area contributed by atoms with Gasteiger partial charge in [0, 0.05) is 25.9 Å². The van der Waals surface area contributed by atoms with Crippen molar-refractivity contribution in [3.8, 4) is 0 Å². The molecule has 0 radical (unpaired) electrons. The normalized spacial score (nSPS) is 13.8. The number of nitrogens with zero attached hydrogens (tertiary/aromatic N) is 1. The molecule has 0 amide bonds.